The molecule has 2 fully saturated rings. The van der Waals surface area contributed by atoms with Crippen molar-refractivity contribution < 1.29 is 4.79 Å². The van der Waals surface area contributed by atoms with E-state index in [0.717, 1.165) is 25.9 Å². The first-order chi connectivity index (χ1) is 8.63. The van der Waals surface area contributed by atoms with Gasteiger partial charge in [-0.1, -0.05) is 0 Å². The van der Waals surface area contributed by atoms with Gasteiger partial charge < -0.3 is 20.4 Å². The summed E-state index contributed by atoms with van der Waals surface area (Å²) in [6, 6.07) is 0.574. The lowest BCUT2D eigenvalue weighted by molar-refractivity contribution is -0.117. The second kappa shape index (κ2) is 10.3. The molecule has 0 radical (unpaired) electrons. The largest absolute Gasteiger partial charge is 0.344 e. The van der Waals surface area contributed by atoms with Crippen LogP contribution in [0.3, 0.4) is 0 Å². The number of nitrogens with zero attached hydrogens (tertiary/aromatic N) is 3. The van der Waals surface area contributed by atoms with Crippen LogP contribution in [0.2, 0.25) is 0 Å². The Morgan fingerprint density at radius 2 is 1.72 bits per heavy atom. The van der Waals surface area contributed by atoms with Gasteiger partial charge in [0.25, 0.3) is 0 Å². The average molecular weight is 258 g/mol. The van der Waals surface area contributed by atoms with Crippen molar-refractivity contribution in [2.45, 2.75) is 25.3 Å². The molecule has 0 aromatic heterocycles. The first-order valence-electron chi connectivity index (χ1n) is 6.75. The van der Waals surface area contributed by atoms with Crippen LogP contribution < -0.4 is 5.73 Å². The third-order valence-electron chi connectivity index (χ3n) is 3.40. The Bertz CT molecular complexity index is 205. The van der Waals surface area contributed by atoms with Gasteiger partial charge in [-0.3, -0.25) is 4.79 Å². The van der Waals surface area contributed by atoms with Crippen molar-refractivity contribution in [2.75, 3.05) is 54.4 Å². The molecule has 5 nitrogen and oxygen atoms in total. The number of hydrogen-bond acceptors (Lipinski definition) is 4. The Kier molecular flexibility index (Phi) is 9.92. The first kappa shape index (κ1) is 17.4. The predicted molar refractivity (Wildman–Crippen MR) is 76.6 cm³/mol. The highest BCUT2D eigenvalue weighted by atomic mass is 16.1. The summed E-state index contributed by atoms with van der Waals surface area (Å²) in [6.45, 7) is 4.46. The molecule has 1 unspecified atom stereocenters. The quantitative estimate of drug-likeness (QED) is 0.712. The van der Waals surface area contributed by atoms with Crippen molar-refractivity contribution in [1.82, 2.24) is 14.7 Å². The van der Waals surface area contributed by atoms with Crippen LogP contribution in [0.25, 0.3) is 0 Å². The molecule has 2 heterocycles. The SMILES string of the molecule is CN.CN(C)C1CCN(C=O)C1.CN1CCCC1. The van der Waals surface area contributed by atoms with Crippen LogP contribution in [0.5, 0.6) is 0 Å². The number of amides is 1. The van der Waals surface area contributed by atoms with Crippen LogP contribution in [0, 0.1) is 0 Å². The van der Waals surface area contributed by atoms with E-state index in [1.807, 2.05) is 4.90 Å². The molecule has 1 atom stereocenters. The molecule has 2 N–H and O–H groups in total. The van der Waals surface area contributed by atoms with E-state index in [1.54, 1.807) is 0 Å². The van der Waals surface area contributed by atoms with Crippen molar-refractivity contribution in [3.05, 3.63) is 0 Å². The topological polar surface area (TPSA) is 52.8 Å². The smallest absolute Gasteiger partial charge is 0.209 e. The number of hydrogen-bond donors (Lipinski definition) is 1. The summed E-state index contributed by atoms with van der Waals surface area (Å²) in [5.74, 6) is 0. The van der Waals surface area contributed by atoms with Gasteiger partial charge >= 0.3 is 0 Å². The van der Waals surface area contributed by atoms with Crippen molar-refractivity contribution in [1.29, 1.82) is 0 Å². The number of rotatable bonds is 2. The molecule has 18 heavy (non-hydrogen) atoms. The zero-order valence-electron chi connectivity index (χ0n) is 12.4. The second-order valence-corrected chi connectivity index (χ2v) is 5.02. The number of carbonyl (C=O) groups excluding carboxylic acids is 1. The van der Waals surface area contributed by atoms with Crippen molar-refractivity contribution in [3.8, 4) is 0 Å². The predicted octanol–water partition coefficient (Wildman–Crippen LogP) is 0.0656. The zero-order chi connectivity index (χ0) is 14.0. The van der Waals surface area contributed by atoms with E-state index < -0.39 is 0 Å². The summed E-state index contributed by atoms with van der Waals surface area (Å²) in [4.78, 5) is 16.6. The van der Waals surface area contributed by atoms with Crippen molar-refractivity contribution in [2.24, 2.45) is 5.73 Å². The van der Waals surface area contributed by atoms with E-state index in [1.165, 1.54) is 33.0 Å². The summed E-state index contributed by atoms with van der Waals surface area (Å²) in [7, 11) is 7.78. The molecule has 5 heteroatoms. The van der Waals surface area contributed by atoms with Crippen LogP contribution >= 0.6 is 0 Å². The molecular weight excluding hydrogens is 228 g/mol. The van der Waals surface area contributed by atoms with Gasteiger partial charge in [-0.25, -0.2) is 0 Å². The van der Waals surface area contributed by atoms with Gasteiger partial charge in [0.05, 0.1) is 0 Å². The molecule has 0 aliphatic carbocycles. The highest BCUT2D eigenvalue weighted by Crippen LogP contribution is 2.10. The summed E-state index contributed by atoms with van der Waals surface area (Å²) < 4.78 is 0. The van der Waals surface area contributed by atoms with Crippen LogP contribution in [0.4, 0.5) is 0 Å². The maximum Gasteiger partial charge on any atom is 0.209 e. The van der Waals surface area contributed by atoms with Gasteiger partial charge in [-0.05, 0) is 60.5 Å². The third kappa shape index (κ3) is 6.93. The molecule has 2 aliphatic rings. The van der Waals surface area contributed by atoms with Crippen molar-refractivity contribution >= 4 is 6.41 Å². The summed E-state index contributed by atoms with van der Waals surface area (Å²) >= 11 is 0. The van der Waals surface area contributed by atoms with Gasteiger partial charge in [-0.2, -0.15) is 0 Å². The highest BCUT2D eigenvalue weighted by Gasteiger charge is 2.21. The number of likely N-dealkylation sites (tertiary alicyclic amines) is 2. The lowest BCUT2D eigenvalue weighted by Crippen LogP contribution is -2.30. The Hall–Kier alpha value is -0.650. The van der Waals surface area contributed by atoms with Gasteiger partial charge in [0.15, 0.2) is 0 Å². The van der Waals surface area contributed by atoms with E-state index >= 15 is 0 Å². The highest BCUT2D eigenvalue weighted by molar-refractivity contribution is 5.47. The standard InChI is InChI=1S/C7H14N2O.C5H11N.CH5N/c1-8(2)7-3-4-9(5-7)6-10;1-6-4-2-3-5-6;1-2/h6-7H,3-5H2,1-2H3;2-5H2,1H3;2H2,1H3. The second-order valence-electron chi connectivity index (χ2n) is 5.02. The average Bonchev–Trinajstić information content (AvgIpc) is 3.02. The molecule has 0 saturated carbocycles. The lowest BCUT2D eigenvalue weighted by atomic mass is 10.2. The monoisotopic (exact) mass is 258 g/mol. The van der Waals surface area contributed by atoms with Gasteiger partial charge in [0, 0.05) is 19.1 Å². The Labute approximate surface area is 112 Å². The minimum atomic E-state index is 0.574. The molecular formula is C13H30N4O. The number of nitrogens with two attached hydrogens (primary N) is 1. The Morgan fingerprint density at radius 3 is 1.94 bits per heavy atom. The van der Waals surface area contributed by atoms with Crippen LogP contribution in [0.1, 0.15) is 19.3 Å². The van der Waals surface area contributed by atoms with Gasteiger partial charge in [0.2, 0.25) is 6.41 Å². The van der Waals surface area contributed by atoms with Crippen LogP contribution in [-0.4, -0.2) is 81.5 Å². The summed E-state index contributed by atoms with van der Waals surface area (Å²) in [5.41, 5.74) is 4.50. The first-order valence-corrected chi connectivity index (χ1v) is 6.75. The molecule has 2 rings (SSSR count). The summed E-state index contributed by atoms with van der Waals surface area (Å²) in [6.07, 6.45) is 4.88. The molecule has 0 bridgehead atoms. The van der Waals surface area contributed by atoms with E-state index in [4.69, 9.17) is 0 Å². The fourth-order valence-electron chi connectivity index (χ4n) is 2.16. The number of carbonyl (C=O) groups is 1. The summed E-state index contributed by atoms with van der Waals surface area (Å²) in [5, 5.41) is 0. The minimum absolute atomic E-state index is 0.574. The third-order valence-corrected chi connectivity index (χ3v) is 3.40. The fraction of sp³-hybridized carbons (Fsp3) is 0.923. The Balaban J connectivity index is 0.000000308. The molecule has 0 aromatic carbocycles. The lowest BCUT2D eigenvalue weighted by Gasteiger charge is -2.17. The van der Waals surface area contributed by atoms with E-state index in [9.17, 15) is 4.79 Å². The molecule has 0 spiro atoms. The maximum atomic E-state index is 10.3. The van der Waals surface area contributed by atoms with Crippen molar-refractivity contribution in [3.63, 3.8) is 0 Å². The van der Waals surface area contributed by atoms with Crippen LogP contribution in [-0.2, 0) is 4.79 Å². The fourth-order valence-corrected chi connectivity index (χ4v) is 2.16. The normalized spacial score (nSPS) is 23.2. The molecule has 108 valence electrons. The van der Waals surface area contributed by atoms with E-state index in [2.05, 4.69) is 36.7 Å². The number of likely N-dealkylation sites (N-methyl/N-ethyl adjacent to an activating group) is 1. The van der Waals surface area contributed by atoms with Crippen LogP contribution in [0.15, 0.2) is 0 Å². The van der Waals surface area contributed by atoms with E-state index in [-0.39, 0.29) is 0 Å². The van der Waals surface area contributed by atoms with E-state index in [0.29, 0.717) is 6.04 Å². The van der Waals surface area contributed by atoms with Gasteiger partial charge in [-0.15, -0.1) is 0 Å². The molecule has 1 amide bonds. The minimum Gasteiger partial charge on any atom is -0.344 e. The Morgan fingerprint density at radius 1 is 1.17 bits per heavy atom. The molecule has 2 saturated heterocycles. The molecule has 2 aliphatic heterocycles. The zero-order valence-corrected chi connectivity index (χ0v) is 12.4. The van der Waals surface area contributed by atoms with Gasteiger partial charge in [0.1, 0.15) is 0 Å². The molecule has 0 aromatic rings. The maximum absolute atomic E-state index is 10.3.